The van der Waals surface area contributed by atoms with Gasteiger partial charge in [-0.05, 0) is 19.1 Å². The van der Waals surface area contributed by atoms with Crippen LogP contribution in [-0.4, -0.2) is 33.9 Å². The van der Waals surface area contributed by atoms with E-state index >= 15 is 0 Å². The van der Waals surface area contributed by atoms with Gasteiger partial charge in [-0.3, -0.25) is 4.98 Å². The average Bonchev–Trinajstić information content (AvgIpc) is 2.88. The predicted molar refractivity (Wildman–Crippen MR) is 71.5 cm³/mol. The highest BCUT2D eigenvalue weighted by Gasteiger charge is 2.28. The molecule has 1 aliphatic heterocycles. The van der Waals surface area contributed by atoms with E-state index in [0.29, 0.717) is 30.4 Å². The molecule has 0 bridgehead atoms. The summed E-state index contributed by atoms with van der Waals surface area (Å²) < 4.78 is 12.4. The lowest BCUT2D eigenvalue weighted by molar-refractivity contribution is 0.0520. The first-order valence-corrected chi connectivity index (χ1v) is 6.62. The molecule has 0 spiro atoms. The SMILES string of the molecule is CCOC(=O)c1c(-c2cccnc2)nn2c1OCCC2. The summed E-state index contributed by atoms with van der Waals surface area (Å²) in [6.07, 6.45) is 4.24. The van der Waals surface area contributed by atoms with Crippen molar-refractivity contribution in [1.82, 2.24) is 14.8 Å². The van der Waals surface area contributed by atoms with Gasteiger partial charge in [-0.25, -0.2) is 9.48 Å². The Balaban J connectivity index is 2.13. The van der Waals surface area contributed by atoms with Crippen molar-refractivity contribution < 1.29 is 14.3 Å². The van der Waals surface area contributed by atoms with E-state index < -0.39 is 5.97 Å². The molecule has 0 aliphatic carbocycles. The highest BCUT2D eigenvalue weighted by atomic mass is 16.5. The molecule has 0 unspecified atom stereocenters. The van der Waals surface area contributed by atoms with Crippen molar-refractivity contribution in [3.63, 3.8) is 0 Å². The van der Waals surface area contributed by atoms with Crippen LogP contribution in [0.2, 0.25) is 0 Å². The quantitative estimate of drug-likeness (QED) is 0.799. The zero-order chi connectivity index (χ0) is 13.9. The number of rotatable bonds is 3. The fourth-order valence-corrected chi connectivity index (χ4v) is 2.22. The summed E-state index contributed by atoms with van der Waals surface area (Å²) in [6, 6.07) is 3.67. The smallest absolute Gasteiger partial charge is 0.345 e. The minimum atomic E-state index is -0.408. The van der Waals surface area contributed by atoms with Crippen molar-refractivity contribution >= 4 is 5.97 Å². The number of carbonyl (C=O) groups excluding carboxylic acids is 1. The van der Waals surface area contributed by atoms with Gasteiger partial charge in [-0.1, -0.05) is 0 Å². The molecule has 0 saturated carbocycles. The van der Waals surface area contributed by atoms with Crippen LogP contribution in [0.5, 0.6) is 5.88 Å². The fourth-order valence-electron chi connectivity index (χ4n) is 2.22. The summed E-state index contributed by atoms with van der Waals surface area (Å²) in [5.41, 5.74) is 1.73. The van der Waals surface area contributed by atoms with Crippen molar-refractivity contribution in [2.45, 2.75) is 19.9 Å². The Morgan fingerprint density at radius 1 is 1.55 bits per heavy atom. The van der Waals surface area contributed by atoms with Gasteiger partial charge in [0.05, 0.1) is 13.2 Å². The highest BCUT2D eigenvalue weighted by molar-refractivity contribution is 5.98. The molecule has 0 fully saturated rings. The molecule has 3 rings (SSSR count). The van der Waals surface area contributed by atoms with Crippen LogP contribution in [0.15, 0.2) is 24.5 Å². The number of esters is 1. The van der Waals surface area contributed by atoms with Crippen molar-refractivity contribution in [2.24, 2.45) is 0 Å². The molecule has 0 saturated heterocycles. The minimum absolute atomic E-state index is 0.315. The van der Waals surface area contributed by atoms with E-state index in [9.17, 15) is 4.79 Å². The normalized spacial score (nSPS) is 13.4. The molecule has 20 heavy (non-hydrogen) atoms. The Labute approximate surface area is 116 Å². The molecule has 3 heterocycles. The number of hydrogen-bond donors (Lipinski definition) is 0. The zero-order valence-corrected chi connectivity index (χ0v) is 11.2. The van der Waals surface area contributed by atoms with Gasteiger partial charge < -0.3 is 9.47 Å². The van der Waals surface area contributed by atoms with E-state index in [1.807, 2.05) is 12.1 Å². The van der Waals surface area contributed by atoms with E-state index in [1.54, 1.807) is 24.0 Å². The second-order valence-corrected chi connectivity index (χ2v) is 4.42. The summed E-state index contributed by atoms with van der Waals surface area (Å²) in [5, 5.41) is 4.48. The lowest BCUT2D eigenvalue weighted by Crippen LogP contribution is -2.16. The topological polar surface area (TPSA) is 66.2 Å². The number of carbonyl (C=O) groups is 1. The molecule has 0 N–H and O–H groups in total. The summed E-state index contributed by atoms with van der Waals surface area (Å²) in [6.45, 7) is 3.42. The number of pyridine rings is 1. The van der Waals surface area contributed by atoms with E-state index in [4.69, 9.17) is 9.47 Å². The Morgan fingerprint density at radius 3 is 3.20 bits per heavy atom. The van der Waals surface area contributed by atoms with Gasteiger partial charge in [0.1, 0.15) is 11.3 Å². The maximum absolute atomic E-state index is 12.2. The second kappa shape index (κ2) is 5.32. The molecule has 0 amide bonds. The largest absolute Gasteiger partial charge is 0.477 e. The van der Waals surface area contributed by atoms with Crippen molar-refractivity contribution in [3.8, 4) is 17.1 Å². The van der Waals surface area contributed by atoms with Crippen LogP contribution in [0, 0.1) is 0 Å². The summed E-state index contributed by atoms with van der Waals surface area (Å²) in [5.74, 6) is 0.0862. The van der Waals surface area contributed by atoms with Gasteiger partial charge in [0.25, 0.3) is 0 Å². The molecule has 6 nitrogen and oxygen atoms in total. The lowest BCUT2D eigenvalue weighted by Gasteiger charge is -2.15. The Bertz CT molecular complexity index is 622. The molecular weight excluding hydrogens is 258 g/mol. The fraction of sp³-hybridized carbons (Fsp3) is 0.357. The molecule has 104 valence electrons. The van der Waals surface area contributed by atoms with Crippen LogP contribution in [0.4, 0.5) is 0 Å². The Kier molecular flexibility index (Phi) is 3.37. The standard InChI is InChI=1S/C14H15N3O3/c1-2-19-14(18)11-12(10-5-3-6-15-9-10)16-17-7-4-8-20-13(11)17/h3,5-6,9H,2,4,7-8H2,1H3. The van der Waals surface area contributed by atoms with E-state index in [0.717, 1.165) is 18.5 Å². The van der Waals surface area contributed by atoms with Crippen LogP contribution in [-0.2, 0) is 11.3 Å². The van der Waals surface area contributed by atoms with Gasteiger partial charge in [0, 0.05) is 30.9 Å². The van der Waals surface area contributed by atoms with E-state index in [1.165, 1.54) is 0 Å². The maximum atomic E-state index is 12.2. The number of hydrogen-bond acceptors (Lipinski definition) is 5. The first kappa shape index (κ1) is 12.7. The third-order valence-corrected chi connectivity index (χ3v) is 3.07. The first-order valence-electron chi connectivity index (χ1n) is 6.62. The summed E-state index contributed by atoms with van der Waals surface area (Å²) in [4.78, 5) is 16.3. The van der Waals surface area contributed by atoms with Crippen molar-refractivity contribution in [1.29, 1.82) is 0 Å². The summed E-state index contributed by atoms with van der Waals surface area (Å²) >= 11 is 0. The monoisotopic (exact) mass is 273 g/mol. The predicted octanol–water partition coefficient (Wildman–Crippen LogP) is 1.90. The molecule has 0 radical (unpaired) electrons. The number of ether oxygens (including phenoxy) is 2. The maximum Gasteiger partial charge on any atom is 0.345 e. The molecular formula is C14H15N3O3. The zero-order valence-electron chi connectivity index (χ0n) is 11.2. The van der Waals surface area contributed by atoms with Crippen LogP contribution in [0.3, 0.4) is 0 Å². The van der Waals surface area contributed by atoms with Gasteiger partial charge >= 0.3 is 5.97 Å². The number of aromatic nitrogens is 3. The van der Waals surface area contributed by atoms with Gasteiger partial charge in [0.15, 0.2) is 0 Å². The lowest BCUT2D eigenvalue weighted by atomic mass is 10.1. The molecule has 1 aliphatic rings. The van der Waals surface area contributed by atoms with Gasteiger partial charge in [-0.15, -0.1) is 0 Å². The van der Waals surface area contributed by atoms with E-state index in [-0.39, 0.29) is 0 Å². The first-order chi connectivity index (χ1) is 9.81. The number of nitrogens with zero attached hydrogens (tertiary/aromatic N) is 3. The van der Waals surface area contributed by atoms with Gasteiger partial charge in [0.2, 0.25) is 5.88 Å². The number of aryl methyl sites for hydroxylation is 1. The third-order valence-electron chi connectivity index (χ3n) is 3.07. The average molecular weight is 273 g/mol. The Hall–Kier alpha value is -2.37. The Morgan fingerprint density at radius 2 is 2.45 bits per heavy atom. The van der Waals surface area contributed by atoms with Crippen molar-refractivity contribution in [2.75, 3.05) is 13.2 Å². The second-order valence-electron chi connectivity index (χ2n) is 4.42. The van der Waals surface area contributed by atoms with Crippen LogP contribution >= 0.6 is 0 Å². The van der Waals surface area contributed by atoms with E-state index in [2.05, 4.69) is 10.1 Å². The molecule has 0 atom stereocenters. The molecule has 6 heteroatoms. The summed E-state index contributed by atoms with van der Waals surface area (Å²) in [7, 11) is 0. The molecule has 2 aromatic rings. The minimum Gasteiger partial charge on any atom is -0.477 e. The molecule has 0 aromatic carbocycles. The number of fused-ring (bicyclic) bond motifs is 1. The van der Waals surface area contributed by atoms with Gasteiger partial charge in [-0.2, -0.15) is 5.10 Å². The highest BCUT2D eigenvalue weighted by Crippen LogP contribution is 2.32. The third kappa shape index (κ3) is 2.13. The molecule has 2 aromatic heterocycles. The van der Waals surface area contributed by atoms with Crippen LogP contribution in [0.25, 0.3) is 11.3 Å². The van der Waals surface area contributed by atoms with Crippen molar-refractivity contribution in [3.05, 3.63) is 30.1 Å². The van der Waals surface area contributed by atoms with Crippen LogP contribution in [0.1, 0.15) is 23.7 Å². The van der Waals surface area contributed by atoms with Crippen LogP contribution < -0.4 is 4.74 Å².